The fourth-order valence-electron chi connectivity index (χ4n) is 8.50. The minimum Gasteiger partial charge on any atom is -0.504 e. The Morgan fingerprint density at radius 3 is 2.63 bits per heavy atom. The van der Waals surface area contributed by atoms with Gasteiger partial charge in [-0.1, -0.05) is 18.2 Å². The molecular weight excluding hydrogens is 691 g/mol. The molecule has 4 aromatic rings. The molecule has 0 bridgehead atoms. The largest absolute Gasteiger partial charge is 0.504 e. The number of imide groups is 1. The van der Waals surface area contributed by atoms with Crippen molar-refractivity contribution in [3.8, 4) is 22.8 Å². The molecule has 54 heavy (non-hydrogen) atoms. The number of piperazine rings is 1. The lowest BCUT2D eigenvalue weighted by molar-refractivity contribution is -0.136. The molecule has 9 rings (SSSR count). The number of fused-ring (bicyclic) bond motifs is 4. The number of rotatable bonds is 7. The van der Waals surface area contributed by atoms with Gasteiger partial charge in [-0.05, 0) is 72.5 Å². The number of aryl methyl sites for hydroxylation is 1. The molecule has 0 saturated carbocycles. The van der Waals surface area contributed by atoms with E-state index in [0.29, 0.717) is 48.7 Å². The van der Waals surface area contributed by atoms with Crippen molar-refractivity contribution in [2.24, 2.45) is 0 Å². The van der Waals surface area contributed by atoms with Crippen LogP contribution < -0.4 is 25.2 Å². The molecule has 3 atom stereocenters. The van der Waals surface area contributed by atoms with Crippen molar-refractivity contribution in [2.75, 3.05) is 54.4 Å². The van der Waals surface area contributed by atoms with Crippen LogP contribution in [0.1, 0.15) is 46.3 Å². The van der Waals surface area contributed by atoms with Crippen molar-refractivity contribution < 1.29 is 28.6 Å². The number of nitrogens with zero attached hydrogens (tertiary/aromatic N) is 6. The molecule has 1 aromatic heterocycles. The number of piperidine rings is 1. The monoisotopic (exact) mass is 732 g/mol. The summed E-state index contributed by atoms with van der Waals surface area (Å²) in [6.45, 7) is 8.14. The second kappa shape index (κ2) is 13.6. The topological polar surface area (TPSA) is 143 Å². The lowest BCUT2D eigenvalue weighted by atomic mass is 10.0. The van der Waals surface area contributed by atoms with Gasteiger partial charge < -0.3 is 29.9 Å². The van der Waals surface area contributed by atoms with Crippen LogP contribution in [0.4, 0.5) is 21.6 Å². The summed E-state index contributed by atoms with van der Waals surface area (Å²) >= 11 is 0. The first-order valence-electron chi connectivity index (χ1n) is 18.6. The van der Waals surface area contributed by atoms with E-state index in [0.717, 1.165) is 61.8 Å². The third kappa shape index (κ3) is 6.23. The van der Waals surface area contributed by atoms with Crippen molar-refractivity contribution in [3.63, 3.8) is 0 Å². The fourth-order valence-corrected chi connectivity index (χ4v) is 8.50. The van der Waals surface area contributed by atoms with Gasteiger partial charge in [0.15, 0.2) is 17.4 Å². The van der Waals surface area contributed by atoms with Gasteiger partial charge in [-0.25, -0.2) is 4.39 Å². The Bertz CT molecular complexity index is 2170. The van der Waals surface area contributed by atoms with E-state index >= 15 is 0 Å². The molecule has 278 valence electrons. The van der Waals surface area contributed by atoms with Crippen LogP contribution in [-0.4, -0.2) is 100 Å². The van der Waals surface area contributed by atoms with Gasteiger partial charge in [0, 0.05) is 75.5 Å². The summed E-state index contributed by atoms with van der Waals surface area (Å²) in [5.74, 6) is -0.475. The maximum absolute atomic E-state index is 14.1. The second-order valence-corrected chi connectivity index (χ2v) is 14.9. The number of phenols is 1. The van der Waals surface area contributed by atoms with Crippen molar-refractivity contribution in [1.82, 2.24) is 25.3 Å². The third-order valence-corrected chi connectivity index (χ3v) is 11.5. The van der Waals surface area contributed by atoms with Crippen LogP contribution in [0.2, 0.25) is 0 Å². The van der Waals surface area contributed by atoms with Crippen molar-refractivity contribution >= 4 is 34.9 Å². The highest BCUT2D eigenvalue weighted by molar-refractivity contribution is 6.05. The number of anilines is 3. The fraction of sp³-hybridized carbons (Fsp3) is 0.375. The first kappa shape index (κ1) is 34.0. The summed E-state index contributed by atoms with van der Waals surface area (Å²) < 4.78 is 20.6. The number of para-hydroxylation sites is 1. The summed E-state index contributed by atoms with van der Waals surface area (Å²) in [6.07, 6.45) is 1.39. The highest BCUT2D eigenvalue weighted by Gasteiger charge is 2.40. The Morgan fingerprint density at radius 1 is 0.963 bits per heavy atom. The molecule has 3 N–H and O–H groups in total. The Hall–Kier alpha value is -5.76. The minimum atomic E-state index is -0.698. The lowest BCUT2D eigenvalue weighted by Gasteiger charge is -2.36. The number of amides is 3. The van der Waals surface area contributed by atoms with Crippen LogP contribution in [0.5, 0.6) is 11.5 Å². The zero-order valence-electron chi connectivity index (χ0n) is 29.9. The predicted molar refractivity (Wildman–Crippen MR) is 199 cm³/mol. The highest BCUT2D eigenvalue weighted by atomic mass is 19.1. The van der Waals surface area contributed by atoms with E-state index in [1.54, 1.807) is 17.0 Å². The summed E-state index contributed by atoms with van der Waals surface area (Å²) in [5.41, 5.74) is 6.55. The Balaban J connectivity index is 0.797. The summed E-state index contributed by atoms with van der Waals surface area (Å²) in [5, 5.41) is 24.6. The van der Waals surface area contributed by atoms with Gasteiger partial charge in [0.1, 0.15) is 17.9 Å². The van der Waals surface area contributed by atoms with Crippen molar-refractivity contribution in [1.29, 1.82) is 0 Å². The summed E-state index contributed by atoms with van der Waals surface area (Å²) in [6, 6.07) is 18.2. The quantitative estimate of drug-likeness (QED) is 0.239. The number of carbonyl (C=O) groups excluding carboxylic acids is 3. The van der Waals surface area contributed by atoms with E-state index < -0.39 is 23.5 Å². The summed E-state index contributed by atoms with van der Waals surface area (Å²) in [7, 11) is 0. The number of benzene rings is 3. The maximum Gasteiger partial charge on any atom is 0.255 e. The first-order chi connectivity index (χ1) is 26.2. The van der Waals surface area contributed by atoms with Crippen LogP contribution in [0.25, 0.3) is 11.3 Å². The van der Waals surface area contributed by atoms with Gasteiger partial charge in [0.2, 0.25) is 11.8 Å². The van der Waals surface area contributed by atoms with Crippen molar-refractivity contribution in [3.05, 3.63) is 88.7 Å². The van der Waals surface area contributed by atoms with Gasteiger partial charge in [0.25, 0.3) is 5.91 Å². The molecule has 0 radical (unpaired) electrons. The number of hydrogen-bond acceptors (Lipinski definition) is 11. The summed E-state index contributed by atoms with van der Waals surface area (Å²) in [4.78, 5) is 46.0. The van der Waals surface area contributed by atoms with E-state index in [-0.39, 0.29) is 30.4 Å². The lowest BCUT2D eigenvalue weighted by Crippen LogP contribution is -2.52. The third-order valence-electron chi connectivity index (χ3n) is 11.5. The predicted octanol–water partition coefficient (Wildman–Crippen LogP) is 3.83. The Morgan fingerprint density at radius 2 is 1.81 bits per heavy atom. The highest BCUT2D eigenvalue weighted by Crippen LogP contribution is 2.39. The number of aromatic hydroxyl groups is 1. The Labute approximate surface area is 311 Å². The molecule has 3 saturated heterocycles. The molecule has 3 amide bonds. The molecule has 3 aromatic carbocycles. The number of carbonyl (C=O) groups is 3. The molecule has 14 heteroatoms. The zero-order valence-corrected chi connectivity index (χ0v) is 29.9. The number of phenolic OH excluding ortho intramolecular Hbond substituents is 1. The van der Waals surface area contributed by atoms with Crippen LogP contribution in [-0.2, 0) is 22.7 Å². The van der Waals surface area contributed by atoms with Gasteiger partial charge >= 0.3 is 0 Å². The van der Waals surface area contributed by atoms with E-state index in [9.17, 15) is 23.9 Å². The van der Waals surface area contributed by atoms with Crippen molar-refractivity contribution in [2.45, 2.75) is 57.5 Å². The second-order valence-electron chi connectivity index (χ2n) is 14.9. The SMILES string of the molecule is Cc1cc(O[C@@H]2C[C@H]3CNc4nnc(-c5cccc(F)c5O)cc4N3C2)ccc1CN1CCN(c2ccc3c(c2)C(=O)N(C2CCC(=O)NC2=O)C3)CC1. The van der Waals surface area contributed by atoms with E-state index in [1.165, 1.54) is 17.2 Å². The first-order valence-corrected chi connectivity index (χ1v) is 18.6. The molecule has 6 heterocycles. The standard InChI is InChI=1S/C40H41FN8O5/c1-23-15-28(54-29-16-27-19-42-38-35(48(27)22-29)18-33(44-45-38)30-3-2-4-32(41)37(30)51)8-6-24(23)20-46-11-13-47(14-12-46)26-7-5-25-21-49(40(53)31(25)17-26)34-9-10-36(50)43-39(34)52/h2-8,15,17-18,27,29,34,51H,9-14,16,19-22H2,1H3,(H,42,45)(H,43,50,52)/t27-,29+,34?/m0/s1. The minimum absolute atomic E-state index is 0.0321. The number of hydrogen-bond donors (Lipinski definition) is 3. The van der Waals surface area contributed by atoms with Gasteiger partial charge in [-0.3, -0.25) is 24.6 Å². The van der Waals surface area contributed by atoms with Gasteiger partial charge in [-0.2, -0.15) is 0 Å². The molecule has 0 spiro atoms. The van der Waals surface area contributed by atoms with Gasteiger partial charge in [-0.15, -0.1) is 10.2 Å². The Kier molecular flexibility index (Phi) is 8.56. The van der Waals surface area contributed by atoms with Gasteiger partial charge in [0.05, 0.1) is 24.0 Å². The normalized spacial score (nSPS) is 22.4. The molecular formula is C40H41FN8O5. The average molecular weight is 733 g/mol. The number of aromatic nitrogens is 2. The molecule has 0 aliphatic carbocycles. The molecule has 3 fully saturated rings. The molecule has 1 unspecified atom stereocenters. The smallest absolute Gasteiger partial charge is 0.255 e. The molecule has 5 aliphatic heterocycles. The molecule has 13 nitrogen and oxygen atoms in total. The van der Waals surface area contributed by atoms with Crippen LogP contribution >= 0.6 is 0 Å². The van der Waals surface area contributed by atoms with Crippen LogP contribution in [0.15, 0.2) is 60.7 Å². The zero-order chi connectivity index (χ0) is 37.1. The van der Waals surface area contributed by atoms with Crippen LogP contribution in [0, 0.1) is 12.7 Å². The van der Waals surface area contributed by atoms with E-state index in [2.05, 4.69) is 66.7 Å². The van der Waals surface area contributed by atoms with Crippen LogP contribution in [0.3, 0.4) is 0 Å². The number of ether oxygens (including phenoxy) is 1. The average Bonchev–Trinajstić information content (AvgIpc) is 3.74. The van der Waals surface area contributed by atoms with E-state index in [1.807, 2.05) is 18.2 Å². The number of halogens is 1. The number of nitrogens with one attached hydrogen (secondary N) is 2. The van der Waals surface area contributed by atoms with E-state index in [4.69, 9.17) is 4.74 Å². The molecule has 5 aliphatic rings. The maximum atomic E-state index is 14.1.